The Kier molecular flexibility index (Phi) is 7.36. The number of nitrogens with one attached hydrogen (secondary N) is 1. The predicted octanol–water partition coefficient (Wildman–Crippen LogP) is 5.60. The SMILES string of the molecule is CCC1(CC)C[C@@H](NC(=O)c2ccc(CN(c3ccccc3F)S(C)(=O)=O)cc2)c2ccccc2O1. The summed E-state index contributed by atoms with van der Waals surface area (Å²) in [6.45, 7) is 4.14. The fraction of sp³-hybridized carbons (Fsp3) is 0.321. The molecule has 0 bridgehead atoms. The van der Waals surface area contributed by atoms with Crippen molar-refractivity contribution in [2.45, 2.75) is 51.3 Å². The Bertz CT molecular complexity index is 1340. The Morgan fingerprint density at radius 2 is 1.67 bits per heavy atom. The van der Waals surface area contributed by atoms with E-state index in [1.807, 2.05) is 24.3 Å². The lowest BCUT2D eigenvalue weighted by Crippen LogP contribution is -2.44. The van der Waals surface area contributed by atoms with Crippen LogP contribution < -0.4 is 14.4 Å². The summed E-state index contributed by atoms with van der Waals surface area (Å²) in [7, 11) is -3.73. The number of benzene rings is 3. The van der Waals surface area contributed by atoms with Crippen molar-refractivity contribution in [1.29, 1.82) is 0 Å². The summed E-state index contributed by atoms with van der Waals surface area (Å²) in [5.74, 6) is -0.0496. The first kappa shape index (κ1) is 25.7. The van der Waals surface area contributed by atoms with E-state index in [0.717, 1.165) is 34.7 Å². The molecule has 3 aromatic carbocycles. The average Bonchev–Trinajstić information content (AvgIpc) is 2.87. The summed E-state index contributed by atoms with van der Waals surface area (Å²) in [6.07, 6.45) is 3.38. The minimum atomic E-state index is -3.73. The van der Waals surface area contributed by atoms with Gasteiger partial charge in [0.2, 0.25) is 10.0 Å². The van der Waals surface area contributed by atoms with Crippen LogP contribution in [0.5, 0.6) is 5.75 Å². The molecule has 1 N–H and O–H groups in total. The zero-order valence-electron chi connectivity index (χ0n) is 20.7. The Morgan fingerprint density at radius 3 is 2.31 bits per heavy atom. The molecule has 0 fully saturated rings. The summed E-state index contributed by atoms with van der Waals surface area (Å²) < 4.78 is 46.4. The molecule has 8 heteroatoms. The maximum atomic E-state index is 14.3. The van der Waals surface area contributed by atoms with Gasteiger partial charge in [0.15, 0.2) is 0 Å². The van der Waals surface area contributed by atoms with Crippen molar-refractivity contribution in [3.8, 4) is 5.75 Å². The standard InChI is InChI=1S/C28H31FN2O4S/c1-4-28(5-2)18-24(22-10-6-9-13-26(22)35-28)30-27(32)21-16-14-20(15-17-21)19-31(36(3,33)34)25-12-8-7-11-23(25)29/h6-17,24H,4-5,18-19H2,1-3H3,(H,30,32)/t24-/m1/s1. The van der Waals surface area contributed by atoms with E-state index in [9.17, 15) is 17.6 Å². The predicted molar refractivity (Wildman–Crippen MR) is 139 cm³/mol. The van der Waals surface area contributed by atoms with E-state index in [0.29, 0.717) is 17.5 Å². The second-order valence-corrected chi connectivity index (χ2v) is 11.1. The van der Waals surface area contributed by atoms with Gasteiger partial charge >= 0.3 is 0 Å². The van der Waals surface area contributed by atoms with Gasteiger partial charge in [-0.05, 0) is 48.7 Å². The van der Waals surface area contributed by atoms with Gasteiger partial charge in [-0.25, -0.2) is 12.8 Å². The molecule has 1 amide bonds. The minimum Gasteiger partial charge on any atom is -0.487 e. The fourth-order valence-electron chi connectivity index (χ4n) is 4.63. The maximum Gasteiger partial charge on any atom is 0.251 e. The molecule has 1 aliphatic heterocycles. The molecule has 0 spiro atoms. The second-order valence-electron chi connectivity index (χ2n) is 9.18. The molecule has 190 valence electrons. The second kappa shape index (κ2) is 10.3. The third kappa shape index (κ3) is 5.38. The van der Waals surface area contributed by atoms with Crippen molar-refractivity contribution in [3.05, 3.63) is 95.3 Å². The number of amides is 1. The molecule has 36 heavy (non-hydrogen) atoms. The van der Waals surface area contributed by atoms with Crippen LogP contribution in [0.15, 0.2) is 72.8 Å². The van der Waals surface area contributed by atoms with Crippen LogP contribution in [0.2, 0.25) is 0 Å². The zero-order valence-corrected chi connectivity index (χ0v) is 21.5. The molecular formula is C28H31FN2O4S. The number of sulfonamides is 1. The first-order chi connectivity index (χ1) is 17.2. The summed E-state index contributed by atoms with van der Waals surface area (Å²) in [4.78, 5) is 13.2. The molecule has 0 unspecified atom stereocenters. The summed E-state index contributed by atoms with van der Waals surface area (Å²) >= 11 is 0. The van der Waals surface area contributed by atoms with Gasteiger partial charge in [-0.3, -0.25) is 9.10 Å². The number of halogens is 1. The number of rotatable bonds is 8. The highest BCUT2D eigenvalue weighted by Gasteiger charge is 2.39. The normalized spacial score (nSPS) is 16.5. The van der Waals surface area contributed by atoms with Gasteiger partial charge < -0.3 is 10.1 Å². The largest absolute Gasteiger partial charge is 0.487 e. The highest BCUT2D eigenvalue weighted by atomic mass is 32.2. The van der Waals surface area contributed by atoms with Crippen molar-refractivity contribution in [1.82, 2.24) is 5.32 Å². The zero-order chi connectivity index (χ0) is 25.9. The highest BCUT2D eigenvalue weighted by molar-refractivity contribution is 7.92. The van der Waals surface area contributed by atoms with Crippen molar-refractivity contribution >= 4 is 21.6 Å². The van der Waals surface area contributed by atoms with E-state index in [2.05, 4.69) is 19.2 Å². The number of hydrogen-bond donors (Lipinski definition) is 1. The lowest BCUT2D eigenvalue weighted by atomic mass is 9.83. The van der Waals surface area contributed by atoms with Gasteiger partial charge in [-0.1, -0.05) is 56.3 Å². The molecule has 0 aromatic heterocycles. The van der Waals surface area contributed by atoms with Gasteiger partial charge in [0.05, 0.1) is 24.5 Å². The quantitative estimate of drug-likeness (QED) is 0.428. The third-order valence-electron chi connectivity index (χ3n) is 6.85. The molecular weight excluding hydrogens is 479 g/mol. The van der Waals surface area contributed by atoms with E-state index >= 15 is 0 Å². The lowest BCUT2D eigenvalue weighted by Gasteiger charge is -2.41. The van der Waals surface area contributed by atoms with Gasteiger partial charge in [0.25, 0.3) is 5.91 Å². The number of para-hydroxylation sites is 2. The molecule has 0 aliphatic carbocycles. The molecule has 1 atom stereocenters. The number of hydrogen-bond acceptors (Lipinski definition) is 4. The van der Waals surface area contributed by atoms with Crippen LogP contribution in [0.1, 0.15) is 60.6 Å². The van der Waals surface area contributed by atoms with Crippen LogP contribution in [-0.2, 0) is 16.6 Å². The Labute approximate surface area is 212 Å². The van der Waals surface area contributed by atoms with Crippen LogP contribution in [0, 0.1) is 5.82 Å². The number of nitrogens with zero attached hydrogens (tertiary/aromatic N) is 1. The molecule has 1 aliphatic rings. The number of anilines is 1. The minimum absolute atomic E-state index is 0.0182. The molecule has 0 saturated heterocycles. The van der Waals surface area contributed by atoms with Gasteiger partial charge in [-0.2, -0.15) is 0 Å². The van der Waals surface area contributed by atoms with Crippen molar-refractivity contribution in [3.63, 3.8) is 0 Å². The molecule has 0 radical (unpaired) electrons. The fourth-order valence-corrected chi connectivity index (χ4v) is 5.52. The summed E-state index contributed by atoms with van der Waals surface area (Å²) in [5, 5.41) is 3.16. The molecule has 6 nitrogen and oxygen atoms in total. The van der Waals surface area contributed by atoms with Crippen molar-refractivity contribution in [2.75, 3.05) is 10.6 Å². The van der Waals surface area contributed by atoms with E-state index < -0.39 is 15.8 Å². The van der Waals surface area contributed by atoms with Crippen molar-refractivity contribution in [2.24, 2.45) is 0 Å². The molecule has 0 saturated carbocycles. The van der Waals surface area contributed by atoms with E-state index in [4.69, 9.17) is 4.74 Å². The summed E-state index contributed by atoms with van der Waals surface area (Å²) in [5.41, 5.74) is 1.69. The monoisotopic (exact) mass is 510 g/mol. The molecule has 3 aromatic rings. The molecule has 4 rings (SSSR count). The van der Waals surface area contributed by atoms with Crippen LogP contribution in [0.25, 0.3) is 0 Å². The number of fused-ring (bicyclic) bond motifs is 1. The number of carbonyl (C=O) groups is 1. The number of ether oxygens (including phenoxy) is 1. The highest BCUT2D eigenvalue weighted by Crippen LogP contribution is 2.42. The Morgan fingerprint density at radius 1 is 1.03 bits per heavy atom. The Balaban J connectivity index is 1.53. The lowest BCUT2D eigenvalue weighted by molar-refractivity contribution is 0.0227. The average molecular weight is 511 g/mol. The van der Waals surface area contributed by atoms with Gasteiger partial charge in [-0.15, -0.1) is 0 Å². The maximum absolute atomic E-state index is 14.3. The van der Waals surface area contributed by atoms with E-state index in [1.54, 1.807) is 30.3 Å². The van der Waals surface area contributed by atoms with Gasteiger partial charge in [0, 0.05) is 17.5 Å². The van der Waals surface area contributed by atoms with E-state index in [1.165, 1.54) is 18.2 Å². The topological polar surface area (TPSA) is 75.7 Å². The van der Waals surface area contributed by atoms with Crippen molar-refractivity contribution < 1.29 is 22.3 Å². The van der Waals surface area contributed by atoms with Gasteiger partial charge in [0.1, 0.15) is 17.2 Å². The van der Waals surface area contributed by atoms with E-state index in [-0.39, 0.29) is 29.8 Å². The van der Waals surface area contributed by atoms with Crippen LogP contribution >= 0.6 is 0 Å². The number of carbonyl (C=O) groups excluding carboxylic acids is 1. The first-order valence-electron chi connectivity index (χ1n) is 12.1. The Hall–Kier alpha value is -3.39. The molecule has 1 heterocycles. The third-order valence-corrected chi connectivity index (χ3v) is 7.98. The smallest absolute Gasteiger partial charge is 0.251 e. The van der Waals surface area contributed by atoms with Crippen LogP contribution in [-0.4, -0.2) is 26.2 Å². The summed E-state index contributed by atoms with van der Waals surface area (Å²) in [6, 6.07) is 20.0. The van der Waals surface area contributed by atoms with Crippen LogP contribution in [0.4, 0.5) is 10.1 Å². The van der Waals surface area contributed by atoms with Crippen LogP contribution in [0.3, 0.4) is 0 Å². The first-order valence-corrected chi connectivity index (χ1v) is 13.9.